The molecule has 1 saturated heterocycles. The lowest BCUT2D eigenvalue weighted by Crippen LogP contribution is -2.40. The average Bonchev–Trinajstić information content (AvgIpc) is 2.05. The lowest BCUT2D eigenvalue weighted by Gasteiger charge is -2.34. The van der Waals surface area contributed by atoms with Crippen LogP contribution in [0.15, 0.2) is 0 Å². The van der Waals surface area contributed by atoms with Gasteiger partial charge in [0.05, 0.1) is 6.61 Å². The summed E-state index contributed by atoms with van der Waals surface area (Å²) >= 11 is 2.00. The fraction of sp³-hybridized carbons (Fsp3) is 1.00. The van der Waals surface area contributed by atoms with Gasteiger partial charge in [0.2, 0.25) is 0 Å². The van der Waals surface area contributed by atoms with Gasteiger partial charge in [0.25, 0.3) is 0 Å². The van der Waals surface area contributed by atoms with Gasteiger partial charge in [0.1, 0.15) is 23.0 Å². The highest BCUT2D eigenvalue weighted by Crippen LogP contribution is 2.19. The van der Waals surface area contributed by atoms with Crippen LogP contribution in [0.1, 0.15) is 26.7 Å². The van der Waals surface area contributed by atoms with Crippen molar-refractivity contribution < 1.29 is 3.07 Å². The summed E-state index contributed by atoms with van der Waals surface area (Å²) in [5, 5.41) is 0. The van der Waals surface area contributed by atoms with Gasteiger partial charge in [-0.1, -0.05) is 0 Å². The summed E-state index contributed by atoms with van der Waals surface area (Å²) in [5.41, 5.74) is 0. The molecule has 3 heteroatoms. The maximum atomic E-state index is 5.15. The van der Waals surface area contributed by atoms with Gasteiger partial charge >= 0.3 is 0 Å². The molecule has 1 unspecified atom stereocenters. The Hall–Kier alpha value is 0.650. The number of likely N-dealkylation sites (tertiary alicyclic amines) is 1. The minimum atomic E-state index is 0.696. The van der Waals surface area contributed by atoms with Crippen LogP contribution in [0.3, 0.4) is 0 Å². The molecule has 0 aromatic heterocycles. The maximum absolute atomic E-state index is 5.15. The highest BCUT2D eigenvalue weighted by molar-refractivity contribution is 14.1. The quantitative estimate of drug-likeness (QED) is 0.738. The van der Waals surface area contributed by atoms with Crippen LogP contribution in [0, 0.1) is 5.92 Å². The second-order valence-electron chi connectivity index (χ2n) is 3.87. The molecule has 0 radical (unpaired) electrons. The number of hydrogen-bond acceptors (Lipinski definition) is 2. The van der Waals surface area contributed by atoms with Crippen LogP contribution in [0.25, 0.3) is 0 Å². The summed E-state index contributed by atoms with van der Waals surface area (Å²) in [6, 6.07) is 0.696. The molecular weight excluding hydrogens is 265 g/mol. The lowest BCUT2D eigenvalue weighted by atomic mass is 9.98. The van der Waals surface area contributed by atoms with Crippen molar-refractivity contribution in [3.63, 3.8) is 0 Å². The Bertz CT molecular complexity index is 128. The third-order valence-corrected chi connectivity index (χ3v) is 2.94. The van der Waals surface area contributed by atoms with Gasteiger partial charge < -0.3 is 7.97 Å². The lowest BCUT2D eigenvalue weighted by molar-refractivity contribution is 0.119. The molecule has 0 saturated carbocycles. The van der Waals surface area contributed by atoms with Gasteiger partial charge in [-0.3, -0.25) is 0 Å². The Labute approximate surface area is 89.3 Å². The van der Waals surface area contributed by atoms with Crippen molar-refractivity contribution >= 4 is 23.0 Å². The van der Waals surface area contributed by atoms with Crippen LogP contribution in [-0.4, -0.2) is 30.6 Å². The minimum Gasteiger partial charge on any atom is -0.315 e. The third-order valence-electron chi connectivity index (χ3n) is 2.58. The molecule has 0 bridgehead atoms. The molecular formula is C9H18INO. The predicted molar refractivity (Wildman–Crippen MR) is 59.4 cm³/mol. The monoisotopic (exact) mass is 283 g/mol. The molecule has 0 aromatic carbocycles. The molecule has 0 aliphatic carbocycles. The van der Waals surface area contributed by atoms with Crippen molar-refractivity contribution in [1.29, 1.82) is 0 Å². The zero-order valence-electron chi connectivity index (χ0n) is 7.92. The molecule has 0 amide bonds. The predicted octanol–water partition coefficient (Wildman–Crippen LogP) is 2.47. The zero-order valence-corrected chi connectivity index (χ0v) is 10.1. The van der Waals surface area contributed by atoms with E-state index in [0.717, 1.165) is 12.5 Å². The normalized spacial score (nSPS) is 26.5. The van der Waals surface area contributed by atoms with Crippen LogP contribution in [0.2, 0.25) is 0 Å². The summed E-state index contributed by atoms with van der Waals surface area (Å²) in [6.07, 6.45) is 2.68. The first-order valence-corrected chi connectivity index (χ1v) is 5.59. The molecule has 1 aliphatic rings. The third kappa shape index (κ3) is 3.18. The topological polar surface area (TPSA) is 12.5 Å². The van der Waals surface area contributed by atoms with Crippen LogP contribution < -0.4 is 0 Å². The molecule has 0 spiro atoms. The van der Waals surface area contributed by atoms with E-state index >= 15 is 0 Å². The highest BCUT2D eigenvalue weighted by Gasteiger charge is 2.21. The Morgan fingerprint density at radius 1 is 1.58 bits per heavy atom. The first-order chi connectivity index (χ1) is 5.74. The van der Waals surface area contributed by atoms with Crippen molar-refractivity contribution in [1.82, 2.24) is 4.90 Å². The van der Waals surface area contributed by atoms with E-state index in [1.165, 1.54) is 25.9 Å². The van der Waals surface area contributed by atoms with Crippen molar-refractivity contribution in [3.8, 4) is 0 Å². The van der Waals surface area contributed by atoms with Crippen LogP contribution in [0.5, 0.6) is 0 Å². The smallest absolute Gasteiger partial charge is 0.109 e. The largest absolute Gasteiger partial charge is 0.315 e. The Morgan fingerprint density at radius 2 is 2.33 bits per heavy atom. The van der Waals surface area contributed by atoms with E-state index < -0.39 is 0 Å². The van der Waals surface area contributed by atoms with Gasteiger partial charge in [-0.15, -0.1) is 0 Å². The minimum absolute atomic E-state index is 0.696. The molecule has 1 aliphatic heterocycles. The van der Waals surface area contributed by atoms with Crippen LogP contribution in [-0.2, 0) is 3.07 Å². The average molecular weight is 283 g/mol. The SMILES string of the molecule is CC(C)N1CCCC(COI)C1. The van der Waals surface area contributed by atoms with E-state index in [1.54, 1.807) is 0 Å². The Morgan fingerprint density at radius 3 is 2.92 bits per heavy atom. The van der Waals surface area contributed by atoms with Crippen molar-refractivity contribution in [2.75, 3.05) is 19.7 Å². The maximum Gasteiger partial charge on any atom is 0.109 e. The standard InChI is InChI=1S/C9H18INO/c1-8(2)11-5-3-4-9(6-11)7-12-10/h8-9H,3-7H2,1-2H3. The van der Waals surface area contributed by atoms with Crippen LogP contribution >= 0.6 is 23.0 Å². The number of hydrogen-bond donors (Lipinski definition) is 0. The second kappa shape index (κ2) is 5.40. The summed E-state index contributed by atoms with van der Waals surface area (Å²) in [4.78, 5) is 2.55. The number of rotatable bonds is 3. The van der Waals surface area contributed by atoms with E-state index in [4.69, 9.17) is 3.07 Å². The molecule has 1 fully saturated rings. The van der Waals surface area contributed by atoms with Gasteiger partial charge in [0, 0.05) is 12.6 Å². The van der Waals surface area contributed by atoms with Gasteiger partial charge in [-0.05, 0) is 39.2 Å². The summed E-state index contributed by atoms with van der Waals surface area (Å²) in [6.45, 7) is 7.96. The number of halogens is 1. The number of nitrogens with zero attached hydrogens (tertiary/aromatic N) is 1. The van der Waals surface area contributed by atoms with Gasteiger partial charge in [-0.2, -0.15) is 0 Å². The fourth-order valence-electron chi connectivity index (χ4n) is 1.79. The molecule has 2 nitrogen and oxygen atoms in total. The Kier molecular flexibility index (Phi) is 4.82. The molecule has 0 N–H and O–H groups in total. The molecule has 72 valence electrons. The molecule has 1 rings (SSSR count). The van der Waals surface area contributed by atoms with E-state index in [0.29, 0.717) is 6.04 Å². The van der Waals surface area contributed by atoms with Crippen LogP contribution in [0.4, 0.5) is 0 Å². The van der Waals surface area contributed by atoms with Crippen molar-refractivity contribution in [2.24, 2.45) is 5.92 Å². The zero-order chi connectivity index (χ0) is 8.97. The molecule has 1 heterocycles. The second-order valence-corrected chi connectivity index (χ2v) is 4.50. The molecule has 0 aromatic rings. The summed E-state index contributed by atoms with van der Waals surface area (Å²) in [7, 11) is 0. The van der Waals surface area contributed by atoms with Gasteiger partial charge in [-0.25, -0.2) is 0 Å². The summed E-state index contributed by atoms with van der Waals surface area (Å²) < 4.78 is 5.15. The number of piperidine rings is 1. The molecule has 1 atom stereocenters. The van der Waals surface area contributed by atoms with Crippen molar-refractivity contribution in [2.45, 2.75) is 32.7 Å². The summed E-state index contributed by atoms with van der Waals surface area (Å²) in [5.74, 6) is 0.762. The molecule has 12 heavy (non-hydrogen) atoms. The van der Waals surface area contributed by atoms with E-state index in [-0.39, 0.29) is 0 Å². The van der Waals surface area contributed by atoms with E-state index in [2.05, 4.69) is 18.7 Å². The Balaban J connectivity index is 2.30. The van der Waals surface area contributed by atoms with Gasteiger partial charge in [0.15, 0.2) is 0 Å². The van der Waals surface area contributed by atoms with E-state index in [1.807, 2.05) is 23.0 Å². The highest BCUT2D eigenvalue weighted by atomic mass is 127. The van der Waals surface area contributed by atoms with E-state index in [9.17, 15) is 0 Å². The van der Waals surface area contributed by atoms with Crippen molar-refractivity contribution in [3.05, 3.63) is 0 Å². The first kappa shape index (κ1) is 10.7. The fourth-order valence-corrected chi connectivity index (χ4v) is 2.30. The first-order valence-electron chi connectivity index (χ1n) is 4.71.